The maximum Gasteiger partial charge on any atom is 0.164 e. The number of nitrogens with zero attached hydrogens (tertiary/aromatic N) is 3. The van der Waals surface area contributed by atoms with Crippen LogP contribution in [-0.2, 0) is 6.42 Å². The van der Waals surface area contributed by atoms with Gasteiger partial charge in [0.05, 0.1) is 0 Å². The fourth-order valence-corrected chi connectivity index (χ4v) is 6.90. The van der Waals surface area contributed by atoms with Gasteiger partial charge in [0.1, 0.15) is 0 Å². The molecule has 0 spiro atoms. The summed E-state index contributed by atoms with van der Waals surface area (Å²) in [6, 6.07) is 61.9. The molecule has 50 heavy (non-hydrogen) atoms. The topological polar surface area (TPSA) is 38.7 Å². The van der Waals surface area contributed by atoms with Crippen molar-refractivity contribution in [2.45, 2.75) is 13.8 Å². The summed E-state index contributed by atoms with van der Waals surface area (Å²) < 4.78 is 0. The molecule has 8 aromatic rings. The van der Waals surface area contributed by atoms with Crippen molar-refractivity contribution >= 4 is 0 Å². The van der Waals surface area contributed by atoms with Crippen LogP contribution in [0.5, 0.6) is 0 Å². The predicted octanol–water partition coefficient (Wildman–Crippen LogP) is 12.1. The first-order valence-corrected chi connectivity index (χ1v) is 16.7. The molecule has 9 rings (SSSR count). The van der Waals surface area contributed by atoms with Gasteiger partial charge in [0.15, 0.2) is 17.5 Å². The number of fused-ring (bicyclic) bond motifs is 3. The average molecular weight is 642 g/mol. The van der Waals surface area contributed by atoms with E-state index < -0.39 is 0 Å². The third-order valence-corrected chi connectivity index (χ3v) is 9.38. The lowest BCUT2D eigenvalue weighted by atomic mass is 9.90. The lowest BCUT2D eigenvalue weighted by Gasteiger charge is -2.15. The molecule has 0 unspecified atom stereocenters. The zero-order valence-corrected chi connectivity index (χ0v) is 26.8. The summed E-state index contributed by atoms with van der Waals surface area (Å²) in [5, 5.41) is 0. The highest BCUT2D eigenvalue weighted by molar-refractivity contribution is 5.90. The Morgan fingerprint density at radius 2 is 0.740 bits per heavy atom. The van der Waals surface area contributed by atoms with Crippen LogP contribution < -0.4 is 0 Å². The fourth-order valence-electron chi connectivity index (χ4n) is 6.90. The molecular formula is C47H35N3. The third-order valence-electron chi connectivity index (χ3n) is 9.38. The summed E-state index contributed by atoms with van der Waals surface area (Å²) in [5.74, 6) is 1.97. The first kappa shape index (κ1) is 30.9. The normalized spacial score (nSPS) is 11.4. The van der Waals surface area contributed by atoms with Crippen molar-refractivity contribution in [2.24, 2.45) is 0 Å². The summed E-state index contributed by atoms with van der Waals surface area (Å²) in [6.07, 6.45) is 0.903. The molecule has 0 bridgehead atoms. The van der Waals surface area contributed by atoms with Gasteiger partial charge in [-0.3, -0.25) is 0 Å². The SMILES string of the molecule is C.c1ccc(-c2ccc(-c3cc(-c4cccc(-c5nc(-c6ccccc6)nc(-c6ccccc6)n5)c4)c4c(c3)-c3ccccc3C4)cc2)cc1. The van der Waals surface area contributed by atoms with E-state index in [2.05, 4.69) is 115 Å². The van der Waals surface area contributed by atoms with Gasteiger partial charge >= 0.3 is 0 Å². The van der Waals surface area contributed by atoms with E-state index in [1.807, 2.05) is 60.7 Å². The van der Waals surface area contributed by atoms with Gasteiger partial charge < -0.3 is 0 Å². The van der Waals surface area contributed by atoms with Crippen molar-refractivity contribution in [2.75, 3.05) is 0 Å². The number of rotatable bonds is 6. The Kier molecular flexibility index (Phi) is 8.16. The van der Waals surface area contributed by atoms with Crippen molar-refractivity contribution in [1.82, 2.24) is 15.0 Å². The number of benzene rings is 7. The Bertz CT molecular complexity index is 2380. The average Bonchev–Trinajstić information content (AvgIpc) is 3.57. The highest BCUT2D eigenvalue weighted by atomic mass is 15.0. The Labute approximate surface area is 293 Å². The van der Waals surface area contributed by atoms with Gasteiger partial charge in [0.25, 0.3) is 0 Å². The van der Waals surface area contributed by atoms with E-state index in [1.54, 1.807) is 0 Å². The minimum absolute atomic E-state index is 0. The molecule has 1 aliphatic carbocycles. The van der Waals surface area contributed by atoms with E-state index in [9.17, 15) is 0 Å². The van der Waals surface area contributed by atoms with Crippen molar-refractivity contribution < 1.29 is 0 Å². The minimum atomic E-state index is 0. The van der Waals surface area contributed by atoms with Crippen LogP contribution in [0.25, 0.3) is 78.7 Å². The summed E-state index contributed by atoms with van der Waals surface area (Å²) in [6.45, 7) is 0. The van der Waals surface area contributed by atoms with Crippen molar-refractivity contribution in [3.8, 4) is 78.7 Å². The highest BCUT2D eigenvalue weighted by Gasteiger charge is 2.23. The maximum absolute atomic E-state index is 5.02. The van der Waals surface area contributed by atoms with Crippen LogP contribution in [0, 0.1) is 0 Å². The quantitative estimate of drug-likeness (QED) is 0.181. The van der Waals surface area contributed by atoms with Gasteiger partial charge in [0.2, 0.25) is 0 Å². The van der Waals surface area contributed by atoms with Gasteiger partial charge in [-0.25, -0.2) is 15.0 Å². The first-order valence-electron chi connectivity index (χ1n) is 16.7. The highest BCUT2D eigenvalue weighted by Crippen LogP contribution is 2.45. The van der Waals surface area contributed by atoms with Gasteiger partial charge in [-0.05, 0) is 80.3 Å². The predicted molar refractivity (Wildman–Crippen MR) is 207 cm³/mol. The molecule has 1 aromatic heterocycles. The summed E-state index contributed by atoms with van der Waals surface area (Å²) in [5.41, 5.74) is 15.4. The molecule has 1 heterocycles. The maximum atomic E-state index is 5.02. The molecule has 3 heteroatoms. The minimum Gasteiger partial charge on any atom is -0.208 e. The Morgan fingerprint density at radius 1 is 0.300 bits per heavy atom. The van der Waals surface area contributed by atoms with Gasteiger partial charge in [0, 0.05) is 16.7 Å². The molecule has 1 aliphatic rings. The largest absolute Gasteiger partial charge is 0.208 e. The summed E-state index contributed by atoms with van der Waals surface area (Å²) >= 11 is 0. The third kappa shape index (κ3) is 5.80. The zero-order chi connectivity index (χ0) is 32.6. The molecule has 3 nitrogen and oxygen atoms in total. The molecular weight excluding hydrogens is 607 g/mol. The van der Waals surface area contributed by atoms with Crippen LogP contribution in [0.4, 0.5) is 0 Å². The second-order valence-electron chi connectivity index (χ2n) is 12.4. The number of hydrogen-bond donors (Lipinski definition) is 0. The lowest BCUT2D eigenvalue weighted by Crippen LogP contribution is -2.00. The number of aromatic nitrogens is 3. The molecule has 0 radical (unpaired) electrons. The second-order valence-corrected chi connectivity index (χ2v) is 12.4. The summed E-state index contributed by atoms with van der Waals surface area (Å²) in [7, 11) is 0. The fraction of sp³-hybridized carbons (Fsp3) is 0.0426. The van der Waals surface area contributed by atoms with E-state index in [0.717, 1.165) is 28.7 Å². The standard InChI is InChI=1S/C46H31N3.CH4/c1-4-13-31(14-5-1)32-23-25-33(26-24-32)39-29-41(43-28-37-19-10-11-22-40(37)42(43)30-39)36-20-12-21-38(27-36)46-48-44(34-15-6-2-7-16-34)47-45(49-46)35-17-8-3-9-18-35;/h1-27,29-30H,28H2;1H4. The van der Waals surface area contributed by atoms with Crippen LogP contribution in [0.1, 0.15) is 18.6 Å². The first-order chi connectivity index (χ1) is 24.3. The Balaban J connectivity index is 0.00000361. The van der Waals surface area contributed by atoms with Crippen molar-refractivity contribution in [3.63, 3.8) is 0 Å². The van der Waals surface area contributed by atoms with Crippen molar-refractivity contribution in [3.05, 3.63) is 187 Å². The molecule has 7 aromatic carbocycles. The van der Waals surface area contributed by atoms with E-state index in [4.69, 9.17) is 15.0 Å². The zero-order valence-electron chi connectivity index (χ0n) is 26.8. The number of hydrogen-bond acceptors (Lipinski definition) is 3. The van der Waals surface area contributed by atoms with Crippen LogP contribution in [-0.4, -0.2) is 15.0 Å². The Morgan fingerprint density at radius 3 is 1.36 bits per heavy atom. The van der Waals surface area contributed by atoms with E-state index in [0.29, 0.717) is 17.5 Å². The van der Waals surface area contributed by atoms with Crippen LogP contribution in [0.15, 0.2) is 176 Å². The molecule has 0 amide bonds. The monoisotopic (exact) mass is 641 g/mol. The molecule has 238 valence electrons. The molecule has 0 atom stereocenters. The van der Waals surface area contributed by atoms with Crippen molar-refractivity contribution in [1.29, 1.82) is 0 Å². The van der Waals surface area contributed by atoms with Crippen LogP contribution in [0.2, 0.25) is 0 Å². The van der Waals surface area contributed by atoms with E-state index in [1.165, 1.54) is 50.1 Å². The van der Waals surface area contributed by atoms with E-state index in [-0.39, 0.29) is 7.43 Å². The van der Waals surface area contributed by atoms with E-state index >= 15 is 0 Å². The second kappa shape index (κ2) is 13.2. The molecule has 0 saturated carbocycles. The van der Waals surface area contributed by atoms with Gasteiger partial charge in [-0.2, -0.15) is 0 Å². The van der Waals surface area contributed by atoms with Crippen LogP contribution in [0.3, 0.4) is 0 Å². The summed E-state index contributed by atoms with van der Waals surface area (Å²) in [4.78, 5) is 14.9. The Hall–Kier alpha value is -6.45. The molecule has 0 saturated heterocycles. The smallest absolute Gasteiger partial charge is 0.164 e. The van der Waals surface area contributed by atoms with Crippen LogP contribution >= 0.6 is 0 Å². The molecule has 0 fully saturated rings. The van der Waals surface area contributed by atoms with Gasteiger partial charge in [-0.1, -0.05) is 165 Å². The van der Waals surface area contributed by atoms with Gasteiger partial charge in [-0.15, -0.1) is 0 Å². The molecule has 0 N–H and O–H groups in total. The molecule has 0 aliphatic heterocycles. The lowest BCUT2D eigenvalue weighted by molar-refractivity contribution is 1.07.